The van der Waals surface area contributed by atoms with Gasteiger partial charge in [0.15, 0.2) is 0 Å². The molecule has 0 aliphatic carbocycles. The van der Waals surface area contributed by atoms with Crippen LogP contribution in [0.2, 0.25) is 5.02 Å². The smallest absolute Gasteiger partial charge is 0.273 e. The molecule has 2 heterocycles. The first-order valence-corrected chi connectivity index (χ1v) is 12.1. The second-order valence-corrected chi connectivity index (χ2v) is 8.96. The standard InChI is InChI=1S/C28H26ClN3O4/c1-3-36-21-11-6-18(7-12-21)27-24-25(22-16-19(29)8-13-23(22)33)30-31-26(24)28(34)32(27)15-14-17-4-9-20(35-2)10-5-17/h4-13,16,27,33H,3,14-15H2,1-2H3,(H,30,31). The summed E-state index contributed by atoms with van der Waals surface area (Å²) < 4.78 is 10.9. The van der Waals surface area contributed by atoms with Gasteiger partial charge in [-0.1, -0.05) is 35.9 Å². The fourth-order valence-electron chi connectivity index (χ4n) is 4.63. The molecule has 1 aliphatic rings. The minimum atomic E-state index is -0.395. The van der Waals surface area contributed by atoms with E-state index in [4.69, 9.17) is 21.1 Å². The largest absolute Gasteiger partial charge is 0.507 e. The van der Waals surface area contributed by atoms with Crippen LogP contribution in [-0.4, -0.2) is 46.4 Å². The van der Waals surface area contributed by atoms with Crippen LogP contribution in [0.5, 0.6) is 17.2 Å². The van der Waals surface area contributed by atoms with E-state index >= 15 is 0 Å². The number of fused-ring (bicyclic) bond motifs is 1. The van der Waals surface area contributed by atoms with Crippen molar-refractivity contribution >= 4 is 17.5 Å². The van der Waals surface area contributed by atoms with Crippen LogP contribution in [0.1, 0.15) is 40.1 Å². The van der Waals surface area contributed by atoms with E-state index in [-0.39, 0.29) is 11.7 Å². The minimum absolute atomic E-state index is 0.0447. The van der Waals surface area contributed by atoms with Crippen molar-refractivity contribution in [2.75, 3.05) is 20.3 Å². The molecular formula is C28H26ClN3O4. The summed E-state index contributed by atoms with van der Waals surface area (Å²) in [5.41, 5.74) is 4.12. The lowest BCUT2D eigenvalue weighted by Gasteiger charge is -2.26. The first-order chi connectivity index (χ1) is 17.5. The number of nitrogens with one attached hydrogen (secondary N) is 1. The molecule has 5 rings (SSSR count). The number of H-pyrrole nitrogens is 1. The van der Waals surface area contributed by atoms with Gasteiger partial charge in [-0.3, -0.25) is 9.89 Å². The van der Waals surface area contributed by atoms with Crippen molar-refractivity contribution in [3.63, 3.8) is 0 Å². The van der Waals surface area contributed by atoms with Crippen molar-refractivity contribution in [1.29, 1.82) is 0 Å². The number of aromatic amines is 1. The molecule has 0 radical (unpaired) electrons. The Morgan fingerprint density at radius 3 is 2.47 bits per heavy atom. The summed E-state index contributed by atoms with van der Waals surface area (Å²) in [5, 5.41) is 18.4. The van der Waals surface area contributed by atoms with Crippen molar-refractivity contribution < 1.29 is 19.4 Å². The van der Waals surface area contributed by atoms with Crippen LogP contribution < -0.4 is 9.47 Å². The SMILES string of the molecule is CCOc1ccc(C2c3c(-c4cc(Cl)ccc4O)n[nH]c3C(=O)N2CCc2ccc(OC)cc2)cc1. The number of aromatic hydroxyl groups is 1. The van der Waals surface area contributed by atoms with E-state index in [1.165, 1.54) is 6.07 Å². The van der Waals surface area contributed by atoms with E-state index in [0.29, 0.717) is 41.5 Å². The number of hydrogen-bond donors (Lipinski definition) is 2. The van der Waals surface area contributed by atoms with Gasteiger partial charge in [-0.15, -0.1) is 0 Å². The molecule has 7 nitrogen and oxygen atoms in total. The van der Waals surface area contributed by atoms with Gasteiger partial charge in [0, 0.05) is 22.7 Å². The van der Waals surface area contributed by atoms with Gasteiger partial charge in [-0.2, -0.15) is 5.10 Å². The van der Waals surface area contributed by atoms with Crippen molar-refractivity contribution in [1.82, 2.24) is 15.1 Å². The number of aromatic nitrogens is 2. The van der Waals surface area contributed by atoms with Crippen molar-refractivity contribution in [2.24, 2.45) is 0 Å². The molecule has 0 saturated heterocycles. The van der Waals surface area contributed by atoms with Crippen LogP contribution in [0, 0.1) is 0 Å². The predicted octanol–water partition coefficient (Wildman–Crippen LogP) is 5.63. The summed E-state index contributed by atoms with van der Waals surface area (Å²) in [6, 6.07) is 20.0. The number of phenolic OH excluding ortho intramolecular Hbond substituents is 1. The monoisotopic (exact) mass is 503 g/mol. The molecule has 184 valence electrons. The molecule has 1 unspecified atom stereocenters. The quantitative estimate of drug-likeness (QED) is 0.325. The van der Waals surface area contributed by atoms with Crippen molar-refractivity contribution in [2.45, 2.75) is 19.4 Å². The van der Waals surface area contributed by atoms with Gasteiger partial charge < -0.3 is 19.5 Å². The number of hydrogen-bond acceptors (Lipinski definition) is 5. The number of ether oxygens (including phenoxy) is 2. The maximum Gasteiger partial charge on any atom is 0.273 e. The number of benzene rings is 3. The van der Waals surface area contributed by atoms with Gasteiger partial charge in [0.05, 0.1) is 19.8 Å². The third-order valence-electron chi connectivity index (χ3n) is 6.38. The molecule has 4 aromatic rings. The Balaban J connectivity index is 1.55. The van der Waals surface area contributed by atoms with Crippen LogP contribution in [-0.2, 0) is 6.42 Å². The highest BCUT2D eigenvalue weighted by Crippen LogP contribution is 2.45. The van der Waals surface area contributed by atoms with E-state index in [1.807, 2.05) is 60.4 Å². The topological polar surface area (TPSA) is 87.7 Å². The molecule has 0 spiro atoms. The molecule has 1 atom stereocenters. The summed E-state index contributed by atoms with van der Waals surface area (Å²) in [6.45, 7) is 3.00. The highest BCUT2D eigenvalue weighted by atomic mass is 35.5. The van der Waals surface area contributed by atoms with Crippen LogP contribution in [0.3, 0.4) is 0 Å². The Morgan fingerprint density at radius 1 is 1.06 bits per heavy atom. The third-order valence-corrected chi connectivity index (χ3v) is 6.62. The van der Waals surface area contributed by atoms with Gasteiger partial charge >= 0.3 is 0 Å². The third kappa shape index (κ3) is 4.38. The predicted molar refractivity (Wildman–Crippen MR) is 138 cm³/mol. The molecule has 3 aromatic carbocycles. The Hall–Kier alpha value is -3.97. The zero-order valence-electron chi connectivity index (χ0n) is 20.0. The zero-order chi connectivity index (χ0) is 25.2. The molecule has 0 saturated carbocycles. The maximum atomic E-state index is 13.6. The molecular weight excluding hydrogens is 478 g/mol. The van der Waals surface area contributed by atoms with E-state index in [9.17, 15) is 9.90 Å². The van der Waals surface area contributed by atoms with Gasteiger partial charge in [0.25, 0.3) is 5.91 Å². The van der Waals surface area contributed by atoms with E-state index in [2.05, 4.69) is 10.2 Å². The second-order valence-electron chi connectivity index (χ2n) is 8.52. The highest BCUT2D eigenvalue weighted by Gasteiger charge is 2.42. The number of nitrogens with zero attached hydrogens (tertiary/aromatic N) is 2. The summed E-state index contributed by atoms with van der Waals surface area (Å²) in [5.74, 6) is 1.45. The van der Waals surface area contributed by atoms with E-state index < -0.39 is 6.04 Å². The van der Waals surface area contributed by atoms with Crippen LogP contribution >= 0.6 is 11.6 Å². The summed E-state index contributed by atoms with van der Waals surface area (Å²) in [4.78, 5) is 15.4. The number of halogens is 1. The number of methoxy groups -OCH3 is 1. The van der Waals surface area contributed by atoms with Gasteiger partial charge in [0.2, 0.25) is 0 Å². The van der Waals surface area contributed by atoms with E-state index in [0.717, 1.165) is 28.2 Å². The summed E-state index contributed by atoms with van der Waals surface area (Å²) >= 11 is 6.23. The number of phenols is 1. The summed E-state index contributed by atoms with van der Waals surface area (Å²) in [6.07, 6.45) is 0.665. The van der Waals surface area contributed by atoms with Crippen LogP contribution in [0.25, 0.3) is 11.3 Å². The van der Waals surface area contributed by atoms with Crippen molar-refractivity contribution in [3.8, 4) is 28.5 Å². The molecule has 1 aliphatic heterocycles. The highest BCUT2D eigenvalue weighted by molar-refractivity contribution is 6.31. The molecule has 0 bridgehead atoms. The van der Waals surface area contributed by atoms with Gasteiger partial charge in [-0.25, -0.2) is 0 Å². The van der Waals surface area contributed by atoms with Crippen molar-refractivity contribution in [3.05, 3.63) is 94.1 Å². The molecule has 2 N–H and O–H groups in total. The van der Waals surface area contributed by atoms with E-state index in [1.54, 1.807) is 19.2 Å². The van der Waals surface area contributed by atoms with Crippen LogP contribution in [0.15, 0.2) is 66.7 Å². The number of rotatable bonds is 8. The molecule has 36 heavy (non-hydrogen) atoms. The van der Waals surface area contributed by atoms with Crippen LogP contribution in [0.4, 0.5) is 0 Å². The minimum Gasteiger partial charge on any atom is -0.507 e. The lowest BCUT2D eigenvalue weighted by atomic mass is 9.95. The normalized spacial score (nSPS) is 14.7. The molecule has 1 aromatic heterocycles. The Bertz CT molecular complexity index is 1380. The molecule has 0 fully saturated rings. The van der Waals surface area contributed by atoms with Gasteiger partial charge in [0.1, 0.15) is 28.6 Å². The average molecular weight is 504 g/mol. The number of carbonyl (C=O) groups excluding carboxylic acids is 1. The Kier molecular flexibility index (Phi) is 6.57. The Labute approximate surface area is 214 Å². The Morgan fingerprint density at radius 2 is 1.78 bits per heavy atom. The first kappa shape index (κ1) is 23.8. The molecule has 1 amide bonds. The lowest BCUT2D eigenvalue weighted by Crippen LogP contribution is -2.31. The number of amides is 1. The second kappa shape index (κ2) is 9.95. The zero-order valence-corrected chi connectivity index (χ0v) is 20.7. The number of carbonyl (C=O) groups is 1. The van der Waals surface area contributed by atoms with Gasteiger partial charge in [-0.05, 0) is 66.9 Å². The maximum absolute atomic E-state index is 13.6. The first-order valence-electron chi connectivity index (χ1n) is 11.7. The fourth-order valence-corrected chi connectivity index (χ4v) is 4.80. The average Bonchev–Trinajstić information content (AvgIpc) is 3.44. The lowest BCUT2D eigenvalue weighted by molar-refractivity contribution is 0.0746. The summed E-state index contributed by atoms with van der Waals surface area (Å²) in [7, 11) is 1.64. The molecule has 8 heteroatoms. The fraction of sp³-hybridized carbons (Fsp3) is 0.214.